The minimum Gasteiger partial charge on any atom is -0.311 e. The lowest BCUT2D eigenvalue weighted by Gasteiger charge is -2.02. The number of nitrogens with zero attached hydrogens (tertiary/aromatic N) is 2. The molecule has 0 unspecified atom stereocenters. The third-order valence-electron chi connectivity index (χ3n) is 2.10. The molecule has 0 aromatic carbocycles. The van der Waals surface area contributed by atoms with Crippen LogP contribution in [0.5, 0.6) is 0 Å². The van der Waals surface area contributed by atoms with Crippen molar-refractivity contribution < 1.29 is 4.79 Å². The predicted octanol–water partition coefficient (Wildman–Crippen LogP) is 1.29. The van der Waals surface area contributed by atoms with Crippen molar-refractivity contribution in [3.63, 3.8) is 0 Å². The van der Waals surface area contributed by atoms with Crippen LogP contribution in [0, 0.1) is 6.92 Å². The van der Waals surface area contributed by atoms with Crippen molar-refractivity contribution >= 4 is 11.7 Å². The van der Waals surface area contributed by atoms with Gasteiger partial charge in [-0.05, 0) is 24.6 Å². The lowest BCUT2D eigenvalue weighted by atomic mass is 10.1. The molecule has 1 amide bonds. The van der Waals surface area contributed by atoms with Gasteiger partial charge in [0.2, 0.25) is 5.91 Å². The largest absolute Gasteiger partial charge is 0.311 e. The van der Waals surface area contributed by atoms with Crippen molar-refractivity contribution in [3.8, 4) is 0 Å². The molecule has 0 fully saturated rings. The average molecular weight is 216 g/mol. The molecule has 0 atom stereocenters. The van der Waals surface area contributed by atoms with Crippen LogP contribution in [0.3, 0.4) is 0 Å². The number of nitrogens with one attached hydrogen (secondary N) is 2. The summed E-state index contributed by atoms with van der Waals surface area (Å²) in [7, 11) is 0. The molecule has 2 aromatic heterocycles. The van der Waals surface area contributed by atoms with E-state index in [2.05, 4.69) is 20.5 Å². The molecule has 2 rings (SSSR count). The molecule has 2 aromatic rings. The fourth-order valence-electron chi connectivity index (χ4n) is 1.42. The number of H-pyrrole nitrogens is 1. The summed E-state index contributed by atoms with van der Waals surface area (Å²) < 4.78 is 0. The van der Waals surface area contributed by atoms with Crippen LogP contribution in [0.15, 0.2) is 30.6 Å². The Labute approximate surface area is 92.9 Å². The highest BCUT2D eigenvalue weighted by atomic mass is 16.1. The fourth-order valence-corrected chi connectivity index (χ4v) is 1.42. The van der Waals surface area contributed by atoms with Gasteiger partial charge in [-0.1, -0.05) is 0 Å². The number of amides is 1. The topological polar surface area (TPSA) is 70.7 Å². The van der Waals surface area contributed by atoms with E-state index in [4.69, 9.17) is 0 Å². The lowest BCUT2D eigenvalue weighted by Crippen LogP contribution is -2.14. The summed E-state index contributed by atoms with van der Waals surface area (Å²) in [6.07, 6.45) is 3.63. The molecule has 0 radical (unpaired) electrons. The van der Waals surface area contributed by atoms with E-state index in [9.17, 15) is 4.79 Å². The molecular formula is C11H12N4O. The zero-order valence-corrected chi connectivity index (χ0v) is 8.90. The van der Waals surface area contributed by atoms with Crippen molar-refractivity contribution in [1.82, 2.24) is 15.2 Å². The zero-order chi connectivity index (χ0) is 11.4. The van der Waals surface area contributed by atoms with E-state index < -0.39 is 0 Å². The summed E-state index contributed by atoms with van der Waals surface area (Å²) in [4.78, 5) is 15.7. The van der Waals surface area contributed by atoms with Gasteiger partial charge < -0.3 is 5.32 Å². The highest BCUT2D eigenvalue weighted by Gasteiger charge is 2.04. The van der Waals surface area contributed by atoms with Gasteiger partial charge in [-0.2, -0.15) is 5.10 Å². The molecule has 5 nitrogen and oxygen atoms in total. The third-order valence-corrected chi connectivity index (χ3v) is 2.10. The summed E-state index contributed by atoms with van der Waals surface area (Å²) in [6, 6.07) is 5.43. The van der Waals surface area contributed by atoms with Crippen LogP contribution in [-0.4, -0.2) is 21.1 Å². The molecule has 5 heteroatoms. The van der Waals surface area contributed by atoms with Crippen LogP contribution < -0.4 is 5.32 Å². The van der Waals surface area contributed by atoms with Gasteiger partial charge in [0, 0.05) is 18.0 Å². The van der Waals surface area contributed by atoms with E-state index in [0.29, 0.717) is 12.2 Å². The number of aryl methyl sites for hydroxylation is 1. The Bertz CT molecular complexity index is 478. The molecule has 16 heavy (non-hydrogen) atoms. The Morgan fingerprint density at radius 2 is 2.31 bits per heavy atom. The SMILES string of the molecule is Cc1cc(CC(=O)Nc2ccn[nH]2)ccn1. The number of hydrogen-bond donors (Lipinski definition) is 2. The van der Waals surface area contributed by atoms with Gasteiger partial charge in [0.25, 0.3) is 0 Å². The lowest BCUT2D eigenvalue weighted by molar-refractivity contribution is -0.115. The quantitative estimate of drug-likeness (QED) is 0.812. The van der Waals surface area contributed by atoms with E-state index >= 15 is 0 Å². The Kier molecular flexibility index (Phi) is 2.95. The van der Waals surface area contributed by atoms with E-state index in [-0.39, 0.29) is 5.91 Å². The van der Waals surface area contributed by atoms with Crippen LogP contribution in [0.4, 0.5) is 5.82 Å². The number of aromatic nitrogens is 3. The second-order valence-electron chi connectivity index (χ2n) is 3.50. The molecule has 82 valence electrons. The van der Waals surface area contributed by atoms with E-state index in [1.54, 1.807) is 18.5 Å². The number of pyridine rings is 1. The van der Waals surface area contributed by atoms with Gasteiger partial charge >= 0.3 is 0 Å². The Hall–Kier alpha value is -2.17. The van der Waals surface area contributed by atoms with Gasteiger partial charge in [0.15, 0.2) is 0 Å². The molecule has 0 bridgehead atoms. The molecular weight excluding hydrogens is 204 g/mol. The normalized spacial score (nSPS) is 10.1. The number of aromatic amines is 1. The van der Waals surface area contributed by atoms with Gasteiger partial charge in [0.05, 0.1) is 12.6 Å². The molecule has 2 heterocycles. The summed E-state index contributed by atoms with van der Waals surface area (Å²) in [5, 5.41) is 9.13. The predicted molar refractivity (Wildman–Crippen MR) is 59.9 cm³/mol. The first-order valence-corrected chi connectivity index (χ1v) is 4.95. The van der Waals surface area contributed by atoms with E-state index in [1.807, 2.05) is 19.1 Å². The van der Waals surface area contributed by atoms with Crippen LogP contribution >= 0.6 is 0 Å². The van der Waals surface area contributed by atoms with Crippen molar-refractivity contribution in [2.75, 3.05) is 5.32 Å². The summed E-state index contributed by atoms with van der Waals surface area (Å²) in [5.74, 6) is 0.533. The minimum atomic E-state index is -0.0742. The smallest absolute Gasteiger partial charge is 0.229 e. The zero-order valence-electron chi connectivity index (χ0n) is 8.90. The van der Waals surface area contributed by atoms with Crippen LogP contribution in [0.2, 0.25) is 0 Å². The van der Waals surface area contributed by atoms with Crippen LogP contribution in [0.1, 0.15) is 11.3 Å². The Morgan fingerprint density at radius 1 is 1.44 bits per heavy atom. The molecule has 2 N–H and O–H groups in total. The third kappa shape index (κ3) is 2.66. The van der Waals surface area contributed by atoms with Crippen LogP contribution in [0.25, 0.3) is 0 Å². The van der Waals surface area contributed by atoms with Crippen LogP contribution in [-0.2, 0) is 11.2 Å². The standard InChI is InChI=1S/C11H12N4O/c1-8-6-9(2-4-12-8)7-11(16)14-10-3-5-13-15-10/h2-6H,7H2,1H3,(H2,13,14,15,16). The summed E-state index contributed by atoms with van der Waals surface area (Å²) in [6.45, 7) is 1.90. The first kappa shape index (κ1) is 10.4. The van der Waals surface area contributed by atoms with E-state index in [0.717, 1.165) is 11.3 Å². The monoisotopic (exact) mass is 216 g/mol. The van der Waals surface area contributed by atoms with Gasteiger partial charge in [-0.25, -0.2) is 0 Å². The number of anilines is 1. The molecule has 0 saturated heterocycles. The maximum atomic E-state index is 11.6. The molecule has 0 spiro atoms. The van der Waals surface area contributed by atoms with Crippen molar-refractivity contribution in [2.24, 2.45) is 0 Å². The molecule has 0 aliphatic heterocycles. The molecule has 0 saturated carbocycles. The van der Waals surface area contributed by atoms with Gasteiger partial charge in [0.1, 0.15) is 5.82 Å². The summed E-state index contributed by atoms with van der Waals surface area (Å²) >= 11 is 0. The number of hydrogen-bond acceptors (Lipinski definition) is 3. The second-order valence-corrected chi connectivity index (χ2v) is 3.50. The summed E-state index contributed by atoms with van der Waals surface area (Å²) in [5.41, 5.74) is 1.86. The fraction of sp³-hybridized carbons (Fsp3) is 0.182. The number of carbonyl (C=O) groups is 1. The average Bonchev–Trinajstić information content (AvgIpc) is 2.70. The van der Waals surface area contributed by atoms with Crippen molar-refractivity contribution in [2.45, 2.75) is 13.3 Å². The van der Waals surface area contributed by atoms with Gasteiger partial charge in [-0.3, -0.25) is 14.9 Å². The Balaban J connectivity index is 1.97. The molecule has 0 aliphatic carbocycles. The highest BCUT2D eigenvalue weighted by Crippen LogP contribution is 2.04. The number of carbonyl (C=O) groups excluding carboxylic acids is 1. The second kappa shape index (κ2) is 4.57. The highest BCUT2D eigenvalue weighted by molar-refractivity contribution is 5.91. The first-order valence-electron chi connectivity index (χ1n) is 4.95. The van der Waals surface area contributed by atoms with Crippen molar-refractivity contribution in [3.05, 3.63) is 41.9 Å². The van der Waals surface area contributed by atoms with E-state index in [1.165, 1.54) is 0 Å². The van der Waals surface area contributed by atoms with Gasteiger partial charge in [-0.15, -0.1) is 0 Å². The maximum Gasteiger partial charge on any atom is 0.229 e. The molecule has 0 aliphatic rings. The minimum absolute atomic E-state index is 0.0742. The maximum absolute atomic E-state index is 11.6. The first-order chi connectivity index (χ1) is 7.74. The van der Waals surface area contributed by atoms with Crippen molar-refractivity contribution in [1.29, 1.82) is 0 Å². The Morgan fingerprint density at radius 3 is 3.00 bits per heavy atom. The number of rotatable bonds is 3.